The monoisotopic (exact) mass is 325 g/mol. The summed E-state index contributed by atoms with van der Waals surface area (Å²) in [6, 6.07) is 7.81. The third kappa shape index (κ3) is 4.03. The van der Waals surface area contributed by atoms with Gasteiger partial charge in [0.15, 0.2) is 0 Å². The molecule has 0 radical (unpaired) electrons. The van der Waals surface area contributed by atoms with Gasteiger partial charge in [-0.25, -0.2) is 0 Å². The number of nitrogens with zero attached hydrogens (tertiary/aromatic N) is 2. The first-order valence-electron chi connectivity index (χ1n) is 6.49. The first-order valence-corrected chi connectivity index (χ1v) is 7.28. The predicted octanol–water partition coefficient (Wildman–Crippen LogP) is 1.42. The average Bonchev–Trinajstić information content (AvgIpc) is 2.40. The van der Waals surface area contributed by atoms with E-state index >= 15 is 0 Å². The molecular formula is C14H20BrN3O. The van der Waals surface area contributed by atoms with Gasteiger partial charge in [0.1, 0.15) is 0 Å². The Labute approximate surface area is 122 Å². The summed E-state index contributed by atoms with van der Waals surface area (Å²) >= 11 is 3.37. The third-order valence-corrected chi connectivity index (χ3v) is 4.11. The minimum Gasteiger partial charge on any atom is -0.350 e. The van der Waals surface area contributed by atoms with Crippen LogP contribution in [0.4, 0.5) is 0 Å². The second kappa shape index (κ2) is 6.50. The zero-order valence-corrected chi connectivity index (χ0v) is 13.0. The number of halogens is 1. The molecule has 104 valence electrons. The normalized spacial score (nSPS) is 21.3. The van der Waals surface area contributed by atoms with Gasteiger partial charge in [-0.3, -0.25) is 9.69 Å². The lowest BCUT2D eigenvalue weighted by atomic mass is 10.1. The van der Waals surface area contributed by atoms with E-state index in [1.54, 1.807) is 0 Å². The van der Waals surface area contributed by atoms with Crippen LogP contribution in [0.2, 0.25) is 0 Å². The maximum absolute atomic E-state index is 12.0. The molecule has 1 fully saturated rings. The van der Waals surface area contributed by atoms with E-state index in [0.29, 0.717) is 18.2 Å². The van der Waals surface area contributed by atoms with Crippen LogP contribution in [0.3, 0.4) is 0 Å². The first-order chi connectivity index (χ1) is 9.06. The van der Waals surface area contributed by atoms with Crippen molar-refractivity contribution in [1.29, 1.82) is 0 Å². The molecule has 0 saturated carbocycles. The van der Waals surface area contributed by atoms with Gasteiger partial charge in [-0.05, 0) is 38.4 Å². The Morgan fingerprint density at radius 1 is 1.32 bits per heavy atom. The molecule has 1 aromatic carbocycles. The second-order valence-electron chi connectivity index (χ2n) is 5.11. The number of hydrogen-bond donors (Lipinski definition) is 1. The lowest BCUT2D eigenvalue weighted by molar-refractivity contribution is 0.0881. The summed E-state index contributed by atoms with van der Waals surface area (Å²) in [5.74, 6) is -0.00544. The molecule has 4 nitrogen and oxygen atoms in total. The van der Waals surface area contributed by atoms with Crippen molar-refractivity contribution in [3.63, 3.8) is 0 Å². The molecule has 0 spiro atoms. The quantitative estimate of drug-likeness (QED) is 0.913. The number of carbonyl (C=O) groups is 1. The van der Waals surface area contributed by atoms with E-state index in [1.165, 1.54) is 0 Å². The fraction of sp³-hybridized carbons (Fsp3) is 0.500. The van der Waals surface area contributed by atoms with Gasteiger partial charge in [0.05, 0.1) is 0 Å². The highest BCUT2D eigenvalue weighted by Crippen LogP contribution is 2.10. The summed E-state index contributed by atoms with van der Waals surface area (Å²) in [6.45, 7) is 3.83. The summed E-state index contributed by atoms with van der Waals surface area (Å²) in [6.07, 6.45) is 0. The minimum atomic E-state index is -0.00544. The largest absolute Gasteiger partial charge is 0.350 e. The summed E-state index contributed by atoms with van der Waals surface area (Å²) in [5, 5.41) is 3.02. The van der Waals surface area contributed by atoms with Crippen LogP contribution < -0.4 is 5.32 Å². The van der Waals surface area contributed by atoms with Crippen molar-refractivity contribution >= 4 is 21.8 Å². The Kier molecular flexibility index (Phi) is 4.96. The zero-order chi connectivity index (χ0) is 13.8. The highest BCUT2D eigenvalue weighted by molar-refractivity contribution is 9.10. The van der Waals surface area contributed by atoms with Crippen molar-refractivity contribution in [2.24, 2.45) is 0 Å². The number of likely N-dealkylation sites (N-methyl/N-ethyl adjacent to an activating group) is 2. The molecule has 1 atom stereocenters. The molecule has 0 bridgehead atoms. The van der Waals surface area contributed by atoms with Gasteiger partial charge in [0.2, 0.25) is 0 Å². The molecule has 1 amide bonds. The lowest BCUT2D eigenvalue weighted by Crippen LogP contribution is -2.54. The predicted molar refractivity (Wildman–Crippen MR) is 80.4 cm³/mol. The third-order valence-electron chi connectivity index (χ3n) is 3.58. The van der Waals surface area contributed by atoms with Crippen LogP contribution in [0.25, 0.3) is 0 Å². The van der Waals surface area contributed by atoms with Gasteiger partial charge >= 0.3 is 0 Å². The van der Waals surface area contributed by atoms with Gasteiger partial charge < -0.3 is 10.2 Å². The molecule has 1 unspecified atom stereocenters. The van der Waals surface area contributed by atoms with Crippen molar-refractivity contribution in [3.8, 4) is 0 Å². The summed E-state index contributed by atoms with van der Waals surface area (Å²) < 4.78 is 0.984. The Bertz CT molecular complexity index is 435. The van der Waals surface area contributed by atoms with Crippen LogP contribution in [-0.2, 0) is 0 Å². The highest BCUT2D eigenvalue weighted by atomic mass is 79.9. The molecule has 1 aliphatic heterocycles. The molecule has 1 saturated heterocycles. The van der Waals surface area contributed by atoms with E-state index < -0.39 is 0 Å². The summed E-state index contributed by atoms with van der Waals surface area (Å²) in [4.78, 5) is 16.6. The van der Waals surface area contributed by atoms with Crippen LogP contribution in [-0.4, -0.2) is 62.0 Å². The Balaban J connectivity index is 1.87. The molecule has 2 rings (SSSR count). The smallest absolute Gasteiger partial charge is 0.251 e. The number of nitrogens with one attached hydrogen (secondary N) is 1. The molecule has 1 aromatic rings. The number of benzene rings is 1. The van der Waals surface area contributed by atoms with E-state index in [-0.39, 0.29) is 5.91 Å². The Morgan fingerprint density at radius 3 is 2.68 bits per heavy atom. The number of piperazine rings is 1. The van der Waals surface area contributed by atoms with Crippen LogP contribution in [0.5, 0.6) is 0 Å². The van der Waals surface area contributed by atoms with E-state index in [4.69, 9.17) is 0 Å². The van der Waals surface area contributed by atoms with E-state index in [0.717, 1.165) is 24.1 Å². The summed E-state index contributed by atoms with van der Waals surface area (Å²) in [5.41, 5.74) is 0.704. The van der Waals surface area contributed by atoms with Crippen molar-refractivity contribution in [2.45, 2.75) is 6.04 Å². The molecule has 19 heavy (non-hydrogen) atoms. The maximum atomic E-state index is 12.0. The second-order valence-corrected chi connectivity index (χ2v) is 6.03. The highest BCUT2D eigenvalue weighted by Gasteiger charge is 2.22. The van der Waals surface area contributed by atoms with Gasteiger partial charge in [-0.2, -0.15) is 0 Å². The number of hydrogen-bond acceptors (Lipinski definition) is 3. The van der Waals surface area contributed by atoms with Crippen LogP contribution in [0, 0.1) is 0 Å². The average molecular weight is 326 g/mol. The van der Waals surface area contributed by atoms with Gasteiger partial charge in [-0.1, -0.05) is 15.9 Å². The molecule has 1 aliphatic rings. The van der Waals surface area contributed by atoms with Gasteiger partial charge in [0, 0.05) is 42.3 Å². The Morgan fingerprint density at radius 2 is 2.00 bits per heavy atom. The number of amides is 1. The fourth-order valence-corrected chi connectivity index (χ4v) is 2.50. The van der Waals surface area contributed by atoms with E-state index in [2.05, 4.69) is 45.1 Å². The van der Waals surface area contributed by atoms with Crippen LogP contribution >= 0.6 is 15.9 Å². The van der Waals surface area contributed by atoms with Crippen molar-refractivity contribution in [3.05, 3.63) is 34.3 Å². The number of carbonyl (C=O) groups excluding carboxylic acids is 1. The van der Waals surface area contributed by atoms with Gasteiger partial charge in [-0.15, -0.1) is 0 Å². The van der Waals surface area contributed by atoms with Crippen LogP contribution in [0.1, 0.15) is 10.4 Å². The molecule has 5 heteroatoms. The van der Waals surface area contributed by atoms with Crippen LogP contribution in [0.15, 0.2) is 28.7 Å². The van der Waals surface area contributed by atoms with Crippen molar-refractivity contribution in [1.82, 2.24) is 15.1 Å². The minimum absolute atomic E-state index is 0.00544. The summed E-state index contributed by atoms with van der Waals surface area (Å²) in [7, 11) is 4.24. The standard InChI is InChI=1S/C14H20BrN3O/c1-17-7-8-18(2)13(10-17)9-16-14(19)11-3-5-12(15)6-4-11/h3-6,13H,7-10H2,1-2H3,(H,16,19). The molecule has 1 N–H and O–H groups in total. The first kappa shape index (κ1) is 14.5. The SMILES string of the molecule is CN1CCN(C)C(CNC(=O)c2ccc(Br)cc2)C1. The van der Waals surface area contributed by atoms with E-state index in [9.17, 15) is 4.79 Å². The van der Waals surface area contributed by atoms with Gasteiger partial charge in [0.25, 0.3) is 5.91 Å². The lowest BCUT2D eigenvalue weighted by Gasteiger charge is -2.37. The van der Waals surface area contributed by atoms with E-state index in [1.807, 2.05) is 24.3 Å². The van der Waals surface area contributed by atoms with Crippen molar-refractivity contribution < 1.29 is 4.79 Å². The molecule has 0 aromatic heterocycles. The fourth-order valence-electron chi connectivity index (χ4n) is 2.24. The zero-order valence-electron chi connectivity index (χ0n) is 11.4. The van der Waals surface area contributed by atoms with Crippen molar-refractivity contribution in [2.75, 3.05) is 40.3 Å². The molecule has 1 heterocycles. The molecular weight excluding hydrogens is 306 g/mol. The molecule has 0 aliphatic carbocycles. The number of rotatable bonds is 3. The maximum Gasteiger partial charge on any atom is 0.251 e. The topological polar surface area (TPSA) is 35.6 Å². The Hall–Kier alpha value is -0.910.